The molecular formula is C25H32F3N3O2. The lowest BCUT2D eigenvalue weighted by molar-refractivity contribution is -0.137. The Morgan fingerprint density at radius 1 is 0.939 bits per heavy atom. The number of nitrogens with zero attached hydrogens (tertiary/aromatic N) is 2. The van der Waals surface area contributed by atoms with Crippen LogP contribution in [0.4, 0.5) is 24.5 Å². The van der Waals surface area contributed by atoms with Crippen molar-refractivity contribution in [3.05, 3.63) is 60.2 Å². The van der Waals surface area contributed by atoms with Gasteiger partial charge in [-0.25, -0.2) is 5.48 Å². The summed E-state index contributed by atoms with van der Waals surface area (Å²) < 4.78 is 39.0. The fourth-order valence-corrected chi connectivity index (χ4v) is 4.40. The maximum Gasteiger partial charge on any atom is 0.416 e. The summed E-state index contributed by atoms with van der Waals surface area (Å²) >= 11 is 0. The zero-order valence-electron chi connectivity index (χ0n) is 18.7. The van der Waals surface area contributed by atoms with Crippen LogP contribution >= 0.6 is 0 Å². The van der Waals surface area contributed by atoms with Crippen LogP contribution < -0.4 is 10.4 Å². The number of carbonyl (C=O) groups is 1. The van der Waals surface area contributed by atoms with E-state index in [0.717, 1.165) is 81.7 Å². The molecule has 2 aromatic carbocycles. The minimum Gasteiger partial charge on any atom is -0.338 e. The first kappa shape index (κ1) is 25.1. The summed E-state index contributed by atoms with van der Waals surface area (Å²) in [6, 6.07) is 15.5. The number of piperidine rings is 1. The van der Waals surface area contributed by atoms with Gasteiger partial charge >= 0.3 is 6.18 Å². The van der Waals surface area contributed by atoms with Crippen molar-refractivity contribution in [2.45, 2.75) is 57.2 Å². The van der Waals surface area contributed by atoms with E-state index in [4.69, 9.17) is 5.21 Å². The predicted octanol–water partition coefficient (Wildman–Crippen LogP) is 5.76. The molecule has 0 spiro atoms. The van der Waals surface area contributed by atoms with Crippen LogP contribution in [0, 0.1) is 0 Å². The number of rotatable bonds is 10. The summed E-state index contributed by atoms with van der Waals surface area (Å²) in [6.45, 7) is 2.90. The first-order valence-corrected chi connectivity index (χ1v) is 11.6. The molecule has 1 fully saturated rings. The molecule has 0 aliphatic carbocycles. The second kappa shape index (κ2) is 12.0. The number of benzene rings is 2. The molecule has 0 aromatic heterocycles. The highest BCUT2D eigenvalue weighted by atomic mass is 19.4. The van der Waals surface area contributed by atoms with Gasteiger partial charge in [0.25, 0.3) is 0 Å². The van der Waals surface area contributed by atoms with E-state index in [9.17, 15) is 18.0 Å². The maximum absolute atomic E-state index is 13.0. The normalized spacial score (nSPS) is 15.4. The van der Waals surface area contributed by atoms with Gasteiger partial charge in [-0.15, -0.1) is 0 Å². The molecule has 180 valence electrons. The molecular weight excluding hydrogens is 431 g/mol. The molecule has 8 heteroatoms. The van der Waals surface area contributed by atoms with Crippen molar-refractivity contribution in [2.24, 2.45) is 0 Å². The molecule has 1 amide bonds. The summed E-state index contributed by atoms with van der Waals surface area (Å²) in [5.74, 6) is -0.340. The number of hydrogen-bond acceptors (Lipinski definition) is 4. The number of unbranched alkanes of at least 4 members (excludes halogenated alkanes) is 3. The van der Waals surface area contributed by atoms with Crippen molar-refractivity contribution in [1.29, 1.82) is 0 Å². The lowest BCUT2D eigenvalue weighted by Gasteiger charge is -2.40. The van der Waals surface area contributed by atoms with Gasteiger partial charge in [0.05, 0.1) is 5.56 Å². The molecule has 0 atom stereocenters. The predicted molar refractivity (Wildman–Crippen MR) is 123 cm³/mol. The summed E-state index contributed by atoms with van der Waals surface area (Å²) in [7, 11) is 0. The Bertz CT molecular complexity index is 851. The molecule has 2 aromatic rings. The monoisotopic (exact) mass is 463 g/mol. The lowest BCUT2D eigenvalue weighted by Crippen LogP contribution is -2.43. The molecule has 0 bridgehead atoms. The van der Waals surface area contributed by atoms with E-state index in [1.165, 1.54) is 0 Å². The maximum atomic E-state index is 13.0. The number of halogens is 3. The quantitative estimate of drug-likeness (QED) is 0.267. The van der Waals surface area contributed by atoms with Crippen LogP contribution in [0.25, 0.3) is 0 Å². The number of hydrogen-bond donors (Lipinski definition) is 2. The van der Waals surface area contributed by atoms with E-state index in [1.807, 2.05) is 30.3 Å². The molecule has 5 nitrogen and oxygen atoms in total. The van der Waals surface area contributed by atoms with Crippen molar-refractivity contribution in [3.8, 4) is 0 Å². The van der Waals surface area contributed by atoms with Gasteiger partial charge < -0.3 is 9.80 Å². The molecule has 0 saturated carbocycles. The summed E-state index contributed by atoms with van der Waals surface area (Å²) in [4.78, 5) is 15.6. The molecule has 2 N–H and O–H groups in total. The van der Waals surface area contributed by atoms with Gasteiger partial charge in [0.1, 0.15) is 0 Å². The first-order chi connectivity index (χ1) is 15.9. The number of nitrogens with one attached hydrogen (secondary N) is 1. The van der Waals surface area contributed by atoms with Gasteiger partial charge in [-0.3, -0.25) is 10.0 Å². The highest BCUT2D eigenvalue weighted by Crippen LogP contribution is 2.35. The van der Waals surface area contributed by atoms with Crippen molar-refractivity contribution >= 4 is 17.3 Å². The number of hydroxylamine groups is 1. The Morgan fingerprint density at radius 2 is 1.55 bits per heavy atom. The van der Waals surface area contributed by atoms with Gasteiger partial charge in [-0.1, -0.05) is 31.0 Å². The number of anilines is 2. The molecule has 0 unspecified atom stereocenters. The highest BCUT2D eigenvalue weighted by molar-refractivity contribution is 5.74. The van der Waals surface area contributed by atoms with Gasteiger partial charge in [0.2, 0.25) is 5.91 Å². The molecule has 0 radical (unpaired) electrons. The summed E-state index contributed by atoms with van der Waals surface area (Å²) in [5, 5.41) is 8.50. The summed E-state index contributed by atoms with van der Waals surface area (Å²) in [6.07, 6.45) is 1.72. The Labute approximate surface area is 193 Å². The van der Waals surface area contributed by atoms with E-state index in [0.29, 0.717) is 6.42 Å². The number of likely N-dealkylation sites (tertiary alicyclic amines) is 1. The lowest BCUT2D eigenvalue weighted by atomic mass is 10.00. The number of alkyl halides is 3. The number of para-hydroxylation sites is 1. The van der Waals surface area contributed by atoms with Crippen LogP contribution in [-0.2, 0) is 11.0 Å². The van der Waals surface area contributed by atoms with Crippen LogP contribution in [0.1, 0.15) is 50.5 Å². The molecule has 1 saturated heterocycles. The fraction of sp³-hybridized carbons (Fsp3) is 0.480. The summed E-state index contributed by atoms with van der Waals surface area (Å²) in [5.41, 5.74) is 2.79. The fourth-order valence-electron chi connectivity index (χ4n) is 4.40. The highest BCUT2D eigenvalue weighted by Gasteiger charge is 2.31. The minimum absolute atomic E-state index is 0.220. The molecule has 33 heavy (non-hydrogen) atoms. The Hall–Kier alpha value is -2.58. The van der Waals surface area contributed by atoms with Crippen molar-refractivity contribution in [2.75, 3.05) is 24.5 Å². The van der Waals surface area contributed by atoms with E-state index in [2.05, 4.69) is 9.80 Å². The third kappa shape index (κ3) is 7.47. The minimum atomic E-state index is -4.34. The molecule has 1 aliphatic rings. The first-order valence-electron chi connectivity index (χ1n) is 11.6. The second-order valence-corrected chi connectivity index (χ2v) is 8.52. The second-order valence-electron chi connectivity index (χ2n) is 8.52. The van der Waals surface area contributed by atoms with Crippen LogP contribution in [0.15, 0.2) is 54.6 Å². The van der Waals surface area contributed by atoms with Crippen LogP contribution in [0.3, 0.4) is 0 Å². The smallest absolute Gasteiger partial charge is 0.338 e. The van der Waals surface area contributed by atoms with Gasteiger partial charge in [0, 0.05) is 36.9 Å². The van der Waals surface area contributed by atoms with E-state index in [1.54, 1.807) is 17.6 Å². The average Bonchev–Trinajstić information content (AvgIpc) is 2.82. The average molecular weight is 464 g/mol. The molecule has 1 heterocycles. The van der Waals surface area contributed by atoms with E-state index in [-0.39, 0.29) is 11.9 Å². The zero-order valence-corrected chi connectivity index (χ0v) is 18.7. The van der Waals surface area contributed by atoms with Crippen molar-refractivity contribution in [1.82, 2.24) is 10.4 Å². The van der Waals surface area contributed by atoms with Crippen LogP contribution in [0.2, 0.25) is 0 Å². The third-order valence-corrected chi connectivity index (χ3v) is 6.18. The number of amides is 1. The SMILES string of the molecule is O=C(CCCCCCN1CCC(N(c2ccccc2)c2ccc(C(F)(F)F)cc2)CC1)NO. The van der Waals surface area contributed by atoms with Gasteiger partial charge in [0.15, 0.2) is 0 Å². The van der Waals surface area contributed by atoms with E-state index < -0.39 is 11.7 Å². The zero-order chi connectivity index (χ0) is 23.7. The van der Waals surface area contributed by atoms with Crippen LogP contribution in [0.5, 0.6) is 0 Å². The molecule has 3 rings (SSSR count). The standard InChI is InChI=1S/C25H32F3N3O2/c26-25(27,28)20-11-13-22(14-12-20)31(21-8-4-3-5-9-21)23-15-18-30(19-16-23)17-7-2-1-6-10-24(32)29-33/h3-5,8-9,11-14,23,33H,1-2,6-7,10,15-19H2,(H,29,32). The van der Waals surface area contributed by atoms with Crippen molar-refractivity contribution in [3.63, 3.8) is 0 Å². The van der Waals surface area contributed by atoms with Crippen molar-refractivity contribution < 1.29 is 23.2 Å². The number of carbonyl (C=O) groups excluding carboxylic acids is 1. The third-order valence-electron chi connectivity index (χ3n) is 6.18. The van der Waals surface area contributed by atoms with E-state index >= 15 is 0 Å². The van der Waals surface area contributed by atoms with Gasteiger partial charge in [-0.2, -0.15) is 13.2 Å². The topological polar surface area (TPSA) is 55.8 Å². The van der Waals surface area contributed by atoms with Gasteiger partial charge in [-0.05, 0) is 68.6 Å². The Kier molecular flexibility index (Phi) is 9.14. The largest absolute Gasteiger partial charge is 0.416 e. The van der Waals surface area contributed by atoms with Crippen LogP contribution in [-0.4, -0.2) is 41.7 Å². The Balaban J connectivity index is 1.55. The Morgan fingerprint density at radius 3 is 2.15 bits per heavy atom. The molecule has 1 aliphatic heterocycles.